The summed E-state index contributed by atoms with van der Waals surface area (Å²) in [4.78, 5) is 4.33. The minimum Gasteiger partial charge on any atom is -0.391 e. The molecule has 10 heteroatoms. The molecule has 1 unspecified atom stereocenters. The Kier molecular flexibility index (Phi) is 7.50. The predicted molar refractivity (Wildman–Crippen MR) is 121 cm³/mol. The van der Waals surface area contributed by atoms with Crippen LogP contribution in [0.3, 0.4) is 0 Å². The van der Waals surface area contributed by atoms with E-state index in [0.29, 0.717) is 0 Å². The molecule has 0 bridgehead atoms. The van der Waals surface area contributed by atoms with Gasteiger partial charge in [0.15, 0.2) is 0 Å². The lowest BCUT2D eigenvalue weighted by Crippen LogP contribution is -2.40. The van der Waals surface area contributed by atoms with Crippen molar-refractivity contribution in [2.45, 2.75) is 36.2 Å². The van der Waals surface area contributed by atoms with Gasteiger partial charge in [0.05, 0.1) is 15.9 Å². The molecule has 0 saturated heterocycles. The molecule has 1 aromatic heterocycles. The van der Waals surface area contributed by atoms with Crippen LogP contribution < -0.4 is 0 Å². The lowest BCUT2D eigenvalue weighted by Gasteiger charge is -2.26. The molecule has 0 aliphatic rings. The van der Waals surface area contributed by atoms with Crippen molar-refractivity contribution in [2.24, 2.45) is 5.92 Å². The van der Waals surface area contributed by atoms with E-state index in [1.54, 1.807) is 36.4 Å². The van der Waals surface area contributed by atoms with Crippen LogP contribution in [0.25, 0.3) is 0 Å². The van der Waals surface area contributed by atoms with Crippen LogP contribution in [0.4, 0.5) is 0 Å². The Morgan fingerprint density at radius 3 is 2.03 bits per heavy atom. The van der Waals surface area contributed by atoms with Gasteiger partial charge in [-0.1, -0.05) is 50.2 Å². The number of rotatable bonds is 10. The number of hydrogen-bond donors (Lipinski definition) is 1. The van der Waals surface area contributed by atoms with Crippen LogP contribution in [0.2, 0.25) is 0 Å². The molecule has 0 fully saturated rings. The number of aliphatic hydroxyl groups excluding tert-OH is 1. The van der Waals surface area contributed by atoms with Gasteiger partial charge >= 0.3 is 0 Å². The van der Waals surface area contributed by atoms with Crippen LogP contribution >= 0.6 is 0 Å². The van der Waals surface area contributed by atoms with Crippen molar-refractivity contribution < 1.29 is 21.9 Å². The molecule has 2 aromatic carbocycles. The molecule has 0 aliphatic carbocycles. The third kappa shape index (κ3) is 5.44. The summed E-state index contributed by atoms with van der Waals surface area (Å²) in [5.74, 6) is 0.157. The first-order chi connectivity index (χ1) is 15.1. The number of sulfonamides is 1. The average molecular weight is 478 g/mol. The smallest absolute Gasteiger partial charge is 0.269 e. The molecule has 3 aromatic rings. The van der Waals surface area contributed by atoms with Crippen molar-refractivity contribution in [3.63, 3.8) is 0 Å². The molecule has 0 radical (unpaired) electrons. The lowest BCUT2D eigenvalue weighted by molar-refractivity contribution is 0.140. The topological polar surface area (TPSA) is 110 Å². The highest BCUT2D eigenvalue weighted by atomic mass is 32.2. The second kappa shape index (κ2) is 9.95. The van der Waals surface area contributed by atoms with Crippen LogP contribution in [-0.4, -0.2) is 54.4 Å². The summed E-state index contributed by atoms with van der Waals surface area (Å²) < 4.78 is 54.4. The van der Waals surface area contributed by atoms with Gasteiger partial charge in [0, 0.05) is 31.9 Å². The first kappa shape index (κ1) is 24.1. The van der Waals surface area contributed by atoms with Gasteiger partial charge < -0.3 is 5.11 Å². The summed E-state index contributed by atoms with van der Waals surface area (Å²) in [6, 6.07) is 15.9. The molecule has 8 nitrogen and oxygen atoms in total. The van der Waals surface area contributed by atoms with E-state index in [-0.39, 0.29) is 41.0 Å². The summed E-state index contributed by atoms with van der Waals surface area (Å²) >= 11 is 0. The van der Waals surface area contributed by atoms with Crippen molar-refractivity contribution in [1.29, 1.82) is 0 Å². The zero-order chi connectivity index (χ0) is 23.4. The van der Waals surface area contributed by atoms with E-state index in [2.05, 4.69) is 4.98 Å². The van der Waals surface area contributed by atoms with E-state index >= 15 is 0 Å². The molecule has 1 N–H and O–H groups in total. The van der Waals surface area contributed by atoms with Gasteiger partial charge in [-0.25, -0.2) is 25.8 Å². The van der Waals surface area contributed by atoms with Crippen molar-refractivity contribution in [2.75, 3.05) is 13.1 Å². The molecular weight excluding hydrogens is 450 g/mol. The Hall–Kier alpha value is -2.53. The number of benzene rings is 2. The first-order valence-corrected chi connectivity index (χ1v) is 13.1. The van der Waals surface area contributed by atoms with E-state index in [9.17, 15) is 21.9 Å². The standard InChI is InChI=1S/C22H27N3O5S2/c1-18(2)16-24(31(27,28)20-9-5-3-6-10-20)17-19(26)15-22-23-13-14-25(22)32(29,30)21-11-7-4-8-12-21/h3-14,18-19,26H,15-17H2,1-2H3. The van der Waals surface area contributed by atoms with E-state index in [4.69, 9.17) is 0 Å². The van der Waals surface area contributed by atoms with Gasteiger partial charge in [-0.15, -0.1) is 0 Å². The van der Waals surface area contributed by atoms with E-state index < -0.39 is 26.2 Å². The highest BCUT2D eigenvalue weighted by molar-refractivity contribution is 7.90. The maximum absolute atomic E-state index is 13.1. The van der Waals surface area contributed by atoms with Crippen molar-refractivity contribution >= 4 is 20.0 Å². The van der Waals surface area contributed by atoms with Crippen molar-refractivity contribution in [3.8, 4) is 0 Å². The maximum atomic E-state index is 13.1. The van der Waals surface area contributed by atoms with E-state index in [1.807, 2.05) is 13.8 Å². The SMILES string of the molecule is CC(C)CN(CC(O)Cc1nccn1S(=O)(=O)c1ccccc1)S(=O)(=O)c1ccccc1. The van der Waals surface area contributed by atoms with Gasteiger partial charge in [0.1, 0.15) is 5.82 Å². The highest BCUT2D eigenvalue weighted by Crippen LogP contribution is 2.19. The number of hydrogen-bond acceptors (Lipinski definition) is 6. The lowest BCUT2D eigenvalue weighted by atomic mass is 10.2. The normalized spacial score (nSPS) is 13.5. The molecule has 172 valence electrons. The molecule has 3 rings (SSSR count). The van der Waals surface area contributed by atoms with Crippen molar-refractivity contribution in [3.05, 3.63) is 78.9 Å². The Morgan fingerprint density at radius 1 is 0.906 bits per heavy atom. The summed E-state index contributed by atoms with van der Waals surface area (Å²) in [6.45, 7) is 3.80. The van der Waals surface area contributed by atoms with Crippen molar-refractivity contribution in [1.82, 2.24) is 13.3 Å². The van der Waals surface area contributed by atoms with Gasteiger partial charge in [0.2, 0.25) is 10.0 Å². The van der Waals surface area contributed by atoms with Crippen LogP contribution in [0.1, 0.15) is 19.7 Å². The Labute approximate surface area is 189 Å². The van der Waals surface area contributed by atoms with Crippen LogP contribution in [-0.2, 0) is 26.5 Å². The maximum Gasteiger partial charge on any atom is 0.269 e. The minimum atomic E-state index is -3.88. The fourth-order valence-electron chi connectivity index (χ4n) is 3.32. The summed E-state index contributed by atoms with van der Waals surface area (Å²) in [5, 5.41) is 10.7. The van der Waals surface area contributed by atoms with Gasteiger partial charge in [-0.05, 0) is 30.2 Å². The predicted octanol–water partition coefficient (Wildman–Crippen LogP) is 2.37. The molecule has 1 atom stereocenters. The molecule has 0 saturated carbocycles. The fourth-order valence-corrected chi connectivity index (χ4v) is 6.32. The third-order valence-corrected chi connectivity index (χ3v) is 8.33. The quantitative estimate of drug-likeness (QED) is 0.480. The van der Waals surface area contributed by atoms with Gasteiger partial charge in [-0.3, -0.25) is 0 Å². The molecule has 0 aliphatic heterocycles. The minimum absolute atomic E-state index is 0.0288. The number of nitrogens with zero attached hydrogens (tertiary/aromatic N) is 3. The van der Waals surface area contributed by atoms with Gasteiger partial charge in [-0.2, -0.15) is 4.31 Å². The largest absolute Gasteiger partial charge is 0.391 e. The monoisotopic (exact) mass is 477 g/mol. The van der Waals surface area contributed by atoms with Crippen LogP contribution in [0.15, 0.2) is 82.8 Å². The average Bonchev–Trinajstić information content (AvgIpc) is 3.23. The molecule has 0 spiro atoms. The molecular formula is C22H27N3O5S2. The first-order valence-electron chi connectivity index (χ1n) is 10.2. The second-order valence-electron chi connectivity index (χ2n) is 7.84. The summed E-state index contributed by atoms with van der Waals surface area (Å²) in [6.07, 6.45) is 1.38. The molecule has 1 heterocycles. The summed E-state index contributed by atoms with van der Waals surface area (Å²) in [5.41, 5.74) is 0. The molecule has 32 heavy (non-hydrogen) atoms. The second-order valence-corrected chi connectivity index (χ2v) is 11.6. The van der Waals surface area contributed by atoms with Gasteiger partial charge in [0.25, 0.3) is 10.0 Å². The van der Waals surface area contributed by atoms with Crippen LogP contribution in [0, 0.1) is 5.92 Å². The summed E-state index contributed by atoms with van der Waals surface area (Å²) in [7, 11) is -7.70. The number of imidazole rings is 1. The zero-order valence-electron chi connectivity index (χ0n) is 17.9. The number of aromatic nitrogens is 2. The zero-order valence-corrected chi connectivity index (χ0v) is 19.6. The Bertz CT molecular complexity index is 1220. The van der Waals surface area contributed by atoms with E-state index in [0.717, 1.165) is 3.97 Å². The van der Waals surface area contributed by atoms with E-state index in [1.165, 1.54) is 41.0 Å². The highest BCUT2D eigenvalue weighted by Gasteiger charge is 2.28. The third-order valence-electron chi connectivity index (χ3n) is 4.76. The number of aliphatic hydroxyl groups is 1. The Morgan fingerprint density at radius 2 is 1.47 bits per heavy atom. The van der Waals surface area contributed by atoms with Crippen LogP contribution in [0.5, 0.6) is 0 Å². The molecule has 0 amide bonds. The fraction of sp³-hybridized carbons (Fsp3) is 0.318. The Balaban J connectivity index is 1.83.